The van der Waals surface area contributed by atoms with E-state index >= 15 is 0 Å². The molecule has 2 aromatic carbocycles. The maximum atomic E-state index is 12.1. The molecular formula is C21H21N3O4S. The summed E-state index contributed by atoms with van der Waals surface area (Å²) in [4.78, 5) is 23.6. The number of methoxy groups -OCH3 is 1. The van der Waals surface area contributed by atoms with E-state index < -0.39 is 0 Å². The molecule has 1 heterocycles. The van der Waals surface area contributed by atoms with Gasteiger partial charge in [-0.1, -0.05) is 16.6 Å². The van der Waals surface area contributed by atoms with Crippen LogP contribution >= 0.6 is 11.5 Å². The number of amides is 1. The molecule has 0 aliphatic carbocycles. The molecule has 0 radical (unpaired) electrons. The lowest BCUT2D eigenvalue weighted by atomic mass is 10.1. The molecule has 0 unspecified atom stereocenters. The molecule has 0 aliphatic rings. The molecule has 29 heavy (non-hydrogen) atoms. The third kappa shape index (κ3) is 5.61. The van der Waals surface area contributed by atoms with Crippen LogP contribution in [-0.2, 0) is 4.79 Å². The van der Waals surface area contributed by atoms with Gasteiger partial charge in [-0.25, -0.2) is 0 Å². The number of Topliss-reactive ketones (excluding diaryl/α,β-unsaturated/α-hetero) is 1. The Kier molecular flexibility index (Phi) is 6.91. The van der Waals surface area contributed by atoms with E-state index in [1.54, 1.807) is 18.2 Å². The van der Waals surface area contributed by atoms with Crippen molar-refractivity contribution >= 4 is 28.9 Å². The van der Waals surface area contributed by atoms with Crippen molar-refractivity contribution < 1.29 is 19.1 Å². The summed E-state index contributed by atoms with van der Waals surface area (Å²) in [5.41, 5.74) is 3.06. The summed E-state index contributed by atoms with van der Waals surface area (Å²) in [6, 6.07) is 12.5. The van der Waals surface area contributed by atoms with Crippen LogP contribution in [0, 0.1) is 0 Å². The van der Waals surface area contributed by atoms with Crippen LogP contribution in [0.4, 0.5) is 5.69 Å². The van der Waals surface area contributed by atoms with E-state index in [0.717, 1.165) is 16.9 Å². The second kappa shape index (κ2) is 9.79. The first kappa shape index (κ1) is 20.5. The molecule has 3 aromatic rings. The van der Waals surface area contributed by atoms with Gasteiger partial charge in [0.05, 0.1) is 13.7 Å². The number of aromatic nitrogens is 2. The molecule has 0 atom stereocenters. The first-order valence-corrected chi connectivity index (χ1v) is 9.89. The predicted octanol–water partition coefficient (Wildman–Crippen LogP) is 4.21. The third-order valence-corrected chi connectivity index (χ3v) is 4.70. The Balaban J connectivity index is 1.45. The van der Waals surface area contributed by atoms with Crippen molar-refractivity contribution in [3.63, 3.8) is 0 Å². The topological polar surface area (TPSA) is 90.4 Å². The number of hydrogen-bond donors (Lipinski definition) is 1. The molecule has 1 N–H and O–H groups in total. The summed E-state index contributed by atoms with van der Waals surface area (Å²) in [5.74, 6) is 0.918. The first-order valence-electron chi connectivity index (χ1n) is 9.06. The van der Waals surface area contributed by atoms with Gasteiger partial charge in [0.1, 0.15) is 5.69 Å². The zero-order valence-corrected chi connectivity index (χ0v) is 17.0. The normalized spacial score (nSPS) is 10.4. The molecule has 0 aliphatic heterocycles. The SMILES string of the molecule is COc1cc(C(C)=O)ccc1OCCCC(=O)Nc1ccc(-c2csnn2)cc1. The summed E-state index contributed by atoms with van der Waals surface area (Å²) in [7, 11) is 1.52. The maximum Gasteiger partial charge on any atom is 0.224 e. The number of rotatable bonds is 9. The summed E-state index contributed by atoms with van der Waals surface area (Å²) in [6.45, 7) is 1.86. The lowest BCUT2D eigenvalue weighted by molar-refractivity contribution is -0.116. The van der Waals surface area contributed by atoms with E-state index in [0.29, 0.717) is 36.5 Å². The largest absolute Gasteiger partial charge is 0.493 e. The average molecular weight is 411 g/mol. The van der Waals surface area contributed by atoms with Crippen LogP contribution in [0.3, 0.4) is 0 Å². The minimum Gasteiger partial charge on any atom is -0.493 e. The molecular weight excluding hydrogens is 390 g/mol. The van der Waals surface area contributed by atoms with Crippen LogP contribution < -0.4 is 14.8 Å². The molecule has 0 bridgehead atoms. The molecule has 150 valence electrons. The summed E-state index contributed by atoms with van der Waals surface area (Å²) >= 11 is 1.30. The van der Waals surface area contributed by atoms with Crippen LogP contribution in [0.25, 0.3) is 11.3 Å². The number of carbonyl (C=O) groups is 2. The molecule has 0 saturated heterocycles. The fourth-order valence-corrected chi connectivity index (χ4v) is 3.12. The summed E-state index contributed by atoms with van der Waals surface area (Å²) in [5, 5.41) is 8.76. The van der Waals surface area contributed by atoms with E-state index in [9.17, 15) is 9.59 Å². The molecule has 7 nitrogen and oxygen atoms in total. The van der Waals surface area contributed by atoms with Crippen molar-refractivity contribution in [3.05, 3.63) is 53.4 Å². The summed E-state index contributed by atoms with van der Waals surface area (Å²) < 4.78 is 14.8. The van der Waals surface area contributed by atoms with Gasteiger partial charge in [-0.2, -0.15) is 0 Å². The van der Waals surface area contributed by atoms with Crippen molar-refractivity contribution in [1.29, 1.82) is 0 Å². The Hall–Kier alpha value is -3.26. The van der Waals surface area contributed by atoms with Crippen molar-refractivity contribution in [3.8, 4) is 22.8 Å². The molecule has 1 amide bonds. The monoisotopic (exact) mass is 411 g/mol. The molecule has 1 aromatic heterocycles. The van der Waals surface area contributed by atoms with Crippen LogP contribution in [0.2, 0.25) is 0 Å². The fourth-order valence-electron chi connectivity index (χ4n) is 2.66. The smallest absolute Gasteiger partial charge is 0.224 e. The molecule has 0 fully saturated rings. The number of nitrogens with one attached hydrogen (secondary N) is 1. The average Bonchev–Trinajstić information content (AvgIpc) is 3.26. The number of ether oxygens (including phenoxy) is 2. The van der Waals surface area contributed by atoms with Crippen molar-refractivity contribution in [2.45, 2.75) is 19.8 Å². The highest BCUT2D eigenvalue weighted by atomic mass is 32.1. The number of anilines is 1. The van der Waals surface area contributed by atoms with Gasteiger partial charge >= 0.3 is 0 Å². The Labute approximate surface area is 172 Å². The first-order chi connectivity index (χ1) is 14.1. The van der Waals surface area contributed by atoms with Gasteiger partial charge < -0.3 is 14.8 Å². The van der Waals surface area contributed by atoms with Crippen LogP contribution in [0.5, 0.6) is 11.5 Å². The Morgan fingerprint density at radius 1 is 1.10 bits per heavy atom. The van der Waals surface area contributed by atoms with Gasteiger partial charge in [-0.3, -0.25) is 9.59 Å². The Morgan fingerprint density at radius 3 is 2.55 bits per heavy atom. The van der Waals surface area contributed by atoms with Gasteiger partial charge in [0, 0.05) is 28.6 Å². The van der Waals surface area contributed by atoms with Gasteiger partial charge in [-0.15, -0.1) is 5.10 Å². The minimum absolute atomic E-state index is 0.0391. The molecule has 3 rings (SSSR count). The Bertz CT molecular complexity index is 972. The second-order valence-corrected chi connectivity index (χ2v) is 6.90. The van der Waals surface area contributed by atoms with E-state index in [2.05, 4.69) is 14.9 Å². The van der Waals surface area contributed by atoms with Gasteiger partial charge in [0.2, 0.25) is 5.91 Å². The van der Waals surface area contributed by atoms with Crippen molar-refractivity contribution in [1.82, 2.24) is 9.59 Å². The quantitative estimate of drug-likeness (QED) is 0.419. The van der Waals surface area contributed by atoms with Crippen molar-refractivity contribution in [2.24, 2.45) is 0 Å². The third-order valence-electron chi connectivity index (χ3n) is 4.20. The predicted molar refractivity (Wildman–Crippen MR) is 112 cm³/mol. The lowest BCUT2D eigenvalue weighted by Crippen LogP contribution is -2.12. The summed E-state index contributed by atoms with van der Waals surface area (Å²) in [6.07, 6.45) is 0.873. The molecule has 0 saturated carbocycles. The fraction of sp³-hybridized carbons (Fsp3) is 0.238. The van der Waals surface area contributed by atoms with Crippen LogP contribution in [0.15, 0.2) is 47.8 Å². The highest BCUT2D eigenvalue weighted by Gasteiger charge is 2.09. The molecule has 8 heteroatoms. The zero-order valence-electron chi connectivity index (χ0n) is 16.2. The van der Waals surface area contributed by atoms with Gasteiger partial charge in [0.15, 0.2) is 17.3 Å². The van der Waals surface area contributed by atoms with Crippen LogP contribution in [0.1, 0.15) is 30.1 Å². The van der Waals surface area contributed by atoms with E-state index in [1.807, 2.05) is 29.6 Å². The number of carbonyl (C=O) groups excluding carboxylic acids is 2. The second-order valence-electron chi connectivity index (χ2n) is 6.29. The van der Waals surface area contributed by atoms with Gasteiger partial charge in [0.25, 0.3) is 0 Å². The number of benzene rings is 2. The number of nitrogens with zero attached hydrogens (tertiary/aromatic N) is 2. The zero-order chi connectivity index (χ0) is 20.6. The molecule has 0 spiro atoms. The maximum absolute atomic E-state index is 12.1. The highest BCUT2D eigenvalue weighted by molar-refractivity contribution is 7.03. The van der Waals surface area contributed by atoms with E-state index in [-0.39, 0.29) is 11.7 Å². The lowest BCUT2D eigenvalue weighted by Gasteiger charge is -2.11. The standard InChI is InChI=1S/C21H21N3O4S/c1-14(25)16-7-10-19(20(12-16)27-2)28-11-3-4-21(26)22-17-8-5-15(6-9-17)18-13-29-24-23-18/h5-10,12-13H,3-4,11H2,1-2H3,(H,22,26). The Morgan fingerprint density at radius 2 is 1.90 bits per heavy atom. The minimum atomic E-state index is -0.0874. The highest BCUT2D eigenvalue weighted by Crippen LogP contribution is 2.28. The van der Waals surface area contributed by atoms with Gasteiger partial charge in [-0.05, 0) is 55.2 Å². The van der Waals surface area contributed by atoms with Crippen LogP contribution in [-0.4, -0.2) is 35.0 Å². The number of ketones is 1. The van der Waals surface area contributed by atoms with E-state index in [4.69, 9.17) is 9.47 Å². The number of hydrogen-bond acceptors (Lipinski definition) is 7. The van der Waals surface area contributed by atoms with Crippen molar-refractivity contribution in [2.75, 3.05) is 19.0 Å². The van der Waals surface area contributed by atoms with E-state index in [1.165, 1.54) is 25.6 Å².